The van der Waals surface area contributed by atoms with Gasteiger partial charge < -0.3 is 15.0 Å². The highest BCUT2D eigenvalue weighted by Gasteiger charge is 2.04. The summed E-state index contributed by atoms with van der Waals surface area (Å²) in [5.74, 6) is 0. The molecule has 1 heterocycles. The second-order valence-corrected chi connectivity index (χ2v) is 4.55. The van der Waals surface area contributed by atoms with E-state index in [0.29, 0.717) is 6.04 Å². The molecule has 1 atom stereocenters. The van der Waals surface area contributed by atoms with Gasteiger partial charge in [-0.05, 0) is 40.2 Å². The van der Waals surface area contributed by atoms with Crippen molar-refractivity contribution in [3.05, 3.63) is 18.2 Å². The number of hydrogen-bond donors (Lipinski definition) is 2. The third-order valence-electron chi connectivity index (χ3n) is 2.58. The molecule has 1 unspecified atom stereocenters. The lowest BCUT2D eigenvalue weighted by Crippen LogP contribution is -2.18. The van der Waals surface area contributed by atoms with Gasteiger partial charge in [-0.2, -0.15) is 0 Å². The van der Waals surface area contributed by atoms with Crippen molar-refractivity contribution in [2.24, 2.45) is 0 Å². The molecular weight excluding hydrogens is 202 g/mol. The number of rotatable bonds is 7. The molecule has 1 aromatic heterocycles. The monoisotopic (exact) mass is 225 g/mol. The Labute approximate surface area is 97.7 Å². The zero-order valence-corrected chi connectivity index (χ0v) is 10.5. The third-order valence-corrected chi connectivity index (χ3v) is 2.58. The first-order valence-corrected chi connectivity index (χ1v) is 6.00. The van der Waals surface area contributed by atoms with Gasteiger partial charge in [0.25, 0.3) is 0 Å². The van der Waals surface area contributed by atoms with Crippen molar-refractivity contribution >= 4 is 0 Å². The number of nitrogens with one attached hydrogen (secondary N) is 1. The van der Waals surface area contributed by atoms with Crippen molar-refractivity contribution in [2.45, 2.75) is 52.3 Å². The van der Waals surface area contributed by atoms with Crippen LogP contribution < -0.4 is 5.32 Å². The fraction of sp³-hybridized carbons (Fsp3) is 0.750. The van der Waals surface area contributed by atoms with Crippen LogP contribution in [0.2, 0.25) is 0 Å². The first kappa shape index (κ1) is 13.2. The highest BCUT2D eigenvalue weighted by molar-refractivity contribution is 4.99. The van der Waals surface area contributed by atoms with Crippen LogP contribution in [0.1, 0.15) is 45.3 Å². The highest BCUT2D eigenvalue weighted by atomic mass is 16.3. The molecule has 2 N–H and O–H groups in total. The molecule has 1 aromatic rings. The number of aliphatic hydroxyl groups is 1. The van der Waals surface area contributed by atoms with E-state index in [9.17, 15) is 0 Å². The zero-order valence-electron chi connectivity index (χ0n) is 10.5. The normalized spacial score (nSPS) is 13.3. The number of imidazole rings is 1. The Balaban J connectivity index is 2.24. The Bertz CT molecular complexity index is 294. The van der Waals surface area contributed by atoms with Gasteiger partial charge in [-0.3, -0.25) is 0 Å². The quantitative estimate of drug-likeness (QED) is 0.695. The summed E-state index contributed by atoms with van der Waals surface area (Å²) in [7, 11) is 0. The Morgan fingerprint density at radius 2 is 2.19 bits per heavy atom. The summed E-state index contributed by atoms with van der Waals surface area (Å²) >= 11 is 0. The Morgan fingerprint density at radius 1 is 1.44 bits per heavy atom. The van der Waals surface area contributed by atoms with E-state index >= 15 is 0 Å². The minimum Gasteiger partial charge on any atom is -0.393 e. The molecule has 0 fully saturated rings. The van der Waals surface area contributed by atoms with E-state index in [2.05, 4.69) is 28.7 Å². The molecular formula is C12H23N3O. The molecule has 0 aliphatic rings. The topological polar surface area (TPSA) is 50.1 Å². The summed E-state index contributed by atoms with van der Waals surface area (Å²) in [6, 6.07) is 0.455. The number of hydrogen-bond acceptors (Lipinski definition) is 3. The number of aliphatic hydroxyl groups excluding tert-OH is 1. The SMILES string of the molecule is CC(O)CCCNCc1cncn1C(C)C. The predicted molar refractivity (Wildman–Crippen MR) is 65.2 cm³/mol. The van der Waals surface area contributed by atoms with Crippen LogP contribution in [0.4, 0.5) is 0 Å². The van der Waals surface area contributed by atoms with Gasteiger partial charge in [-0.25, -0.2) is 4.98 Å². The fourth-order valence-corrected chi connectivity index (χ4v) is 1.67. The minimum absolute atomic E-state index is 0.192. The van der Waals surface area contributed by atoms with E-state index in [4.69, 9.17) is 5.11 Å². The van der Waals surface area contributed by atoms with Crippen LogP contribution in [0.25, 0.3) is 0 Å². The molecule has 0 aliphatic carbocycles. The van der Waals surface area contributed by atoms with Gasteiger partial charge in [0.15, 0.2) is 0 Å². The van der Waals surface area contributed by atoms with Gasteiger partial charge in [-0.15, -0.1) is 0 Å². The minimum atomic E-state index is -0.192. The summed E-state index contributed by atoms with van der Waals surface area (Å²) in [6.45, 7) is 7.91. The fourth-order valence-electron chi connectivity index (χ4n) is 1.67. The molecule has 0 aliphatic heterocycles. The van der Waals surface area contributed by atoms with E-state index in [1.54, 1.807) is 0 Å². The van der Waals surface area contributed by atoms with E-state index in [-0.39, 0.29) is 6.10 Å². The summed E-state index contributed by atoms with van der Waals surface area (Å²) in [6.07, 6.45) is 5.45. The molecule has 0 bridgehead atoms. The maximum Gasteiger partial charge on any atom is 0.0951 e. The van der Waals surface area contributed by atoms with Gasteiger partial charge in [0.05, 0.1) is 18.1 Å². The van der Waals surface area contributed by atoms with E-state index < -0.39 is 0 Å². The summed E-state index contributed by atoms with van der Waals surface area (Å²) in [5.41, 5.74) is 1.21. The first-order valence-electron chi connectivity index (χ1n) is 6.00. The molecule has 0 amide bonds. The highest BCUT2D eigenvalue weighted by Crippen LogP contribution is 2.08. The van der Waals surface area contributed by atoms with Gasteiger partial charge in [0.2, 0.25) is 0 Å². The van der Waals surface area contributed by atoms with E-state index in [0.717, 1.165) is 25.9 Å². The molecule has 16 heavy (non-hydrogen) atoms. The summed E-state index contributed by atoms with van der Waals surface area (Å²) < 4.78 is 2.17. The third kappa shape index (κ3) is 4.33. The van der Waals surface area contributed by atoms with E-state index in [1.807, 2.05) is 19.4 Å². The van der Waals surface area contributed by atoms with E-state index in [1.165, 1.54) is 5.69 Å². The average molecular weight is 225 g/mol. The summed E-state index contributed by atoms with van der Waals surface area (Å²) in [5, 5.41) is 12.5. The van der Waals surface area contributed by atoms with Crippen LogP contribution in [0, 0.1) is 0 Å². The maximum absolute atomic E-state index is 9.11. The van der Waals surface area contributed by atoms with Crippen LogP contribution in [0.5, 0.6) is 0 Å². The zero-order chi connectivity index (χ0) is 12.0. The molecule has 0 spiro atoms. The molecule has 92 valence electrons. The Morgan fingerprint density at radius 3 is 2.81 bits per heavy atom. The average Bonchev–Trinajstić information content (AvgIpc) is 2.65. The van der Waals surface area contributed by atoms with Crippen molar-refractivity contribution < 1.29 is 5.11 Å². The Hall–Kier alpha value is -0.870. The van der Waals surface area contributed by atoms with Gasteiger partial charge >= 0.3 is 0 Å². The van der Waals surface area contributed by atoms with Gasteiger partial charge in [0.1, 0.15) is 0 Å². The molecule has 1 rings (SSSR count). The van der Waals surface area contributed by atoms with Crippen LogP contribution >= 0.6 is 0 Å². The molecule has 0 aromatic carbocycles. The van der Waals surface area contributed by atoms with Gasteiger partial charge in [0, 0.05) is 18.8 Å². The molecule has 0 saturated heterocycles. The molecule has 0 radical (unpaired) electrons. The van der Waals surface area contributed by atoms with Crippen molar-refractivity contribution in [2.75, 3.05) is 6.54 Å². The maximum atomic E-state index is 9.11. The van der Waals surface area contributed by atoms with Crippen molar-refractivity contribution in [1.82, 2.24) is 14.9 Å². The Kier molecular flexibility index (Phi) is 5.49. The standard InChI is InChI=1S/C12H23N3O/c1-10(2)15-9-14-8-12(15)7-13-6-4-5-11(3)16/h8-11,13,16H,4-7H2,1-3H3. The smallest absolute Gasteiger partial charge is 0.0951 e. The lowest BCUT2D eigenvalue weighted by molar-refractivity contribution is 0.181. The van der Waals surface area contributed by atoms with Crippen molar-refractivity contribution in [1.29, 1.82) is 0 Å². The predicted octanol–water partition coefficient (Wildman–Crippen LogP) is 1.71. The lowest BCUT2D eigenvalue weighted by Gasteiger charge is -2.12. The van der Waals surface area contributed by atoms with Crippen LogP contribution in [-0.4, -0.2) is 27.3 Å². The summed E-state index contributed by atoms with van der Waals surface area (Å²) in [4.78, 5) is 4.15. The van der Waals surface area contributed by atoms with Crippen molar-refractivity contribution in [3.63, 3.8) is 0 Å². The van der Waals surface area contributed by atoms with Crippen molar-refractivity contribution in [3.8, 4) is 0 Å². The van der Waals surface area contributed by atoms with Gasteiger partial charge in [-0.1, -0.05) is 0 Å². The molecule has 4 heteroatoms. The molecule has 4 nitrogen and oxygen atoms in total. The first-order chi connectivity index (χ1) is 7.61. The van der Waals surface area contributed by atoms with Crippen LogP contribution in [-0.2, 0) is 6.54 Å². The molecule has 0 saturated carbocycles. The van der Waals surface area contributed by atoms with Crippen LogP contribution in [0.3, 0.4) is 0 Å². The largest absolute Gasteiger partial charge is 0.393 e. The second kappa shape index (κ2) is 6.66. The number of nitrogens with zero attached hydrogens (tertiary/aromatic N) is 2. The second-order valence-electron chi connectivity index (χ2n) is 4.55. The lowest BCUT2D eigenvalue weighted by atomic mass is 10.2. The number of aromatic nitrogens is 2. The van der Waals surface area contributed by atoms with Crippen LogP contribution in [0.15, 0.2) is 12.5 Å².